The van der Waals surface area contributed by atoms with Crippen LogP contribution in [0.25, 0.3) is 0 Å². The van der Waals surface area contributed by atoms with Gasteiger partial charge in [-0.1, -0.05) is 62.7 Å². The zero-order valence-corrected chi connectivity index (χ0v) is 31.6. The van der Waals surface area contributed by atoms with Gasteiger partial charge in [0.25, 0.3) is 0 Å². The first kappa shape index (κ1) is 40.8. The largest absolute Gasteiger partial charge is 0.495 e. The van der Waals surface area contributed by atoms with Gasteiger partial charge in [0.1, 0.15) is 17.9 Å². The van der Waals surface area contributed by atoms with Gasteiger partial charge in [-0.15, -0.1) is 11.6 Å². The van der Waals surface area contributed by atoms with Gasteiger partial charge < -0.3 is 30.0 Å². The molecule has 2 aromatic rings. The van der Waals surface area contributed by atoms with Crippen LogP contribution in [0.1, 0.15) is 75.1 Å². The molecule has 2 amide bonds. The summed E-state index contributed by atoms with van der Waals surface area (Å²) in [6.07, 6.45) is -0.297. The maximum absolute atomic E-state index is 13.7. The molecule has 3 rings (SSSR count). The van der Waals surface area contributed by atoms with Crippen LogP contribution in [0.4, 0.5) is 0 Å². The van der Waals surface area contributed by atoms with Gasteiger partial charge in [0.05, 0.1) is 29.0 Å². The third kappa shape index (κ3) is 11.2. The molecule has 1 aliphatic heterocycles. The molecule has 0 radical (unpaired) electrons. The topological polar surface area (TPSA) is 140 Å². The van der Waals surface area contributed by atoms with Crippen LogP contribution in [0.3, 0.4) is 0 Å². The molecule has 0 aliphatic carbocycles. The van der Waals surface area contributed by atoms with Crippen LogP contribution in [-0.2, 0) is 35.1 Å². The number of benzene rings is 2. The Morgan fingerprint density at radius 1 is 1.02 bits per heavy atom. The van der Waals surface area contributed by atoms with Gasteiger partial charge >= 0.3 is 11.9 Å². The van der Waals surface area contributed by atoms with Crippen molar-refractivity contribution in [3.63, 3.8) is 0 Å². The molecule has 0 spiro atoms. The predicted octanol–water partition coefficient (Wildman–Crippen LogP) is 5.94. The lowest BCUT2D eigenvalue weighted by atomic mass is 9.89. The highest BCUT2D eigenvalue weighted by Crippen LogP contribution is 2.33. The number of carbonyl (C=O) groups is 4. The quantitative estimate of drug-likeness (QED) is 0.213. The Bertz CT molecular complexity index is 1560. The summed E-state index contributed by atoms with van der Waals surface area (Å²) in [7, 11) is 1.49. The molecule has 50 heavy (non-hydrogen) atoms. The second-order valence-electron chi connectivity index (χ2n) is 14.1. The van der Waals surface area contributed by atoms with E-state index in [1.807, 2.05) is 45.9 Å². The number of aliphatic hydroxyl groups excluding tert-OH is 1. The minimum Gasteiger partial charge on any atom is -0.495 e. The van der Waals surface area contributed by atoms with Gasteiger partial charge in [-0.25, -0.2) is 4.79 Å². The van der Waals surface area contributed by atoms with Crippen LogP contribution < -0.4 is 15.4 Å². The molecule has 1 heterocycles. The van der Waals surface area contributed by atoms with Crippen molar-refractivity contribution in [1.29, 1.82) is 0 Å². The Morgan fingerprint density at radius 2 is 1.72 bits per heavy atom. The summed E-state index contributed by atoms with van der Waals surface area (Å²) >= 11 is 13.1. The Labute approximate surface area is 305 Å². The van der Waals surface area contributed by atoms with Crippen LogP contribution >= 0.6 is 23.2 Å². The monoisotopic (exact) mass is 732 g/mol. The smallest absolute Gasteiger partial charge is 0.347 e. The van der Waals surface area contributed by atoms with Crippen molar-refractivity contribution in [3.8, 4) is 5.75 Å². The molecule has 10 nitrogen and oxygen atoms in total. The van der Waals surface area contributed by atoms with Crippen molar-refractivity contribution < 1.29 is 38.5 Å². The van der Waals surface area contributed by atoms with Crippen LogP contribution in [0.15, 0.2) is 48.6 Å². The van der Waals surface area contributed by atoms with Gasteiger partial charge in [-0.3, -0.25) is 14.4 Å². The predicted molar refractivity (Wildman–Crippen MR) is 193 cm³/mol. The molecule has 0 unspecified atom stereocenters. The van der Waals surface area contributed by atoms with E-state index in [2.05, 4.69) is 10.6 Å². The van der Waals surface area contributed by atoms with E-state index >= 15 is 0 Å². The van der Waals surface area contributed by atoms with Gasteiger partial charge in [0.2, 0.25) is 11.8 Å². The Balaban J connectivity index is 1.97. The van der Waals surface area contributed by atoms with E-state index in [1.54, 1.807) is 39.0 Å². The third-order valence-electron chi connectivity index (χ3n) is 8.92. The molecule has 0 fully saturated rings. The first-order valence-corrected chi connectivity index (χ1v) is 17.6. The van der Waals surface area contributed by atoms with Gasteiger partial charge in [0, 0.05) is 25.3 Å². The molecular formula is C38H50Cl2N2O8. The van der Waals surface area contributed by atoms with E-state index in [1.165, 1.54) is 19.3 Å². The molecule has 0 saturated heterocycles. The molecule has 0 saturated carbocycles. The molecule has 2 aromatic carbocycles. The van der Waals surface area contributed by atoms with E-state index in [0.29, 0.717) is 21.9 Å². The van der Waals surface area contributed by atoms with Crippen molar-refractivity contribution in [3.05, 3.63) is 75.8 Å². The fourth-order valence-electron chi connectivity index (χ4n) is 5.44. The maximum Gasteiger partial charge on any atom is 0.347 e. The summed E-state index contributed by atoms with van der Waals surface area (Å²) < 4.78 is 17.0. The average molecular weight is 734 g/mol. The van der Waals surface area contributed by atoms with Crippen LogP contribution in [0, 0.1) is 31.1 Å². The van der Waals surface area contributed by atoms with Crippen LogP contribution in [0.5, 0.6) is 5.75 Å². The van der Waals surface area contributed by atoms with Gasteiger partial charge in [-0.05, 0) is 80.5 Å². The minimum absolute atomic E-state index is 0.0205. The third-order valence-corrected chi connectivity index (χ3v) is 9.73. The fourth-order valence-corrected chi connectivity index (χ4v) is 6.08. The van der Waals surface area contributed by atoms with Gasteiger partial charge in [-0.2, -0.15) is 0 Å². The van der Waals surface area contributed by atoms with E-state index in [0.717, 1.165) is 11.1 Å². The lowest BCUT2D eigenvalue weighted by molar-refractivity contribution is -0.180. The van der Waals surface area contributed by atoms with Crippen molar-refractivity contribution >= 4 is 47.0 Å². The maximum atomic E-state index is 13.7. The highest BCUT2D eigenvalue weighted by atomic mass is 35.5. The normalized spacial score (nSPS) is 22.5. The summed E-state index contributed by atoms with van der Waals surface area (Å²) in [4.78, 5) is 53.8. The van der Waals surface area contributed by atoms with E-state index in [-0.39, 0.29) is 31.7 Å². The van der Waals surface area contributed by atoms with Gasteiger partial charge in [0.15, 0.2) is 6.10 Å². The van der Waals surface area contributed by atoms with Crippen molar-refractivity contribution in [2.75, 3.05) is 13.7 Å². The SMILES string of the molecule is COc1ccc(C[C@H]2NC(=O)C=CC[C@@H]([C@H](C)[C@@H](O)[C@@H](Cl)c3ccc(C)c(C)c3)OC(=O)[C@H](CC(C)C)OC(=O)C(C)(C)CNC2=O)cc1Cl. The summed E-state index contributed by atoms with van der Waals surface area (Å²) in [5, 5.41) is 16.4. The average Bonchev–Trinajstić information content (AvgIpc) is 3.05. The molecule has 1 aliphatic rings. The Hall–Kier alpha value is -3.60. The number of esters is 2. The molecule has 3 N–H and O–H groups in total. The minimum atomic E-state index is -1.25. The standard InChI is InChI=1S/C38H50Cl2N2O8/c1-21(2)16-31-36(46)49-29(24(5)34(44)33(40)26-14-12-22(3)23(4)17-26)10-9-11-32(43)42-28(19-25-13-15-30(48-8)27(39)18-25)35(45)41-20-38(6,7)37(47)50-31/h9,11-15,17-18,21,24,28-29,31,33-34,44H,10,16,19-20H2,1-8H3,(H,41,45)(H,42,43)/t24-,28+,29-,31-,33-,34+/m0/s1. The number of hydrogen-bond donors (Lipinski definition) is 3. The zero-order valence-electron chi connectivity index (χ0n) is 30.0. The number of cyclic esters (lactones) is 2. The summed E-state index contributed by atoms with van der Waals surface area (Å²) in [5.41, 5.74) is 2.22. The van der Waals surface area contributed by atoms with Crippen LogP contribution in [0.2, 0.25) is 5.02 Å². The first-order valence-electron chi connectivity index (χ1n) is 16.8. The molecule has 12 heteroatoms. The molecule has 0 bridgehead atoms. The number of hydrogen-bond acceptors (Lipinski definition) is 8. The lowest BCUT2D eigenvalue weighted by Crippen LogP contribution is -2.51. The van der Waals surface area contributed by atoms with E-state index in [4.69, 9.17) is 37.4 Å². The zero-order chi connectivity index (χ0) is 37.3. The Kier molecular flexibility index (Phi) is 14.7. The highest BCUT2D eigenvalue weighted by Gasteiger charge is 2.38. The number of halogens is 2. The number of carbonyl (C=O) groups excluding carboxylic acids is 4. The second-order valence-corrected chi connectivity index (χ2v) is 14.9. The molecular weight excluding hydrogens is 683 g/mol. The Morgan fingerprint density at radius 3 is 2.34 bits per heavy atom. The number of aryl methyl sites for hydroxylation is 2. The van der Waals surface area contributed by atoms with E-state index < -0.39 is 64.8 Å². The molecule has 0 aromatic heterocycles. The number of alkyl halides is 1. The number of methoxy groups -OCH3 is 1. The highest BCUT2D eigenvalue weighted by molar-refractivity contribution is 6.32. The van der Waals surface area contributed by atoms with Crippen LogP contribution in [-0.4, -0.2) is 66.9 Å². The fraction of sp³-hybridized carbons (Fsp3) is 0.526. The molecule has 274 valence electrons. The van der Waals surface area contributed by atoms with E-state index in [9.17, 15) is 24.3 Å². The second kappa shape index (κ2) is 18.1. The summed E-state index contributed by atoms with van der Waals surface area (Å²) in [5.74, 6) is -2.88. The van der Waals surface area contributed by atoms with Crippen molar-refractivity contribution in [2.45, 2.75) is 97.5 Å². The number of ether oxygens (including phenoxy) is 3. The van der Waals surface area contributed by atoms with Crippen molar-refractivity contribution in [2.24, 2.45) is 17.3 Å². The number of nitrogens with one attached hydrogen (secondary N) is 2. The summed E-state index contributed by atoms with van der Waals surface area (Å²) in [6.45, 7) is 12.4. The number of amides is 2. The lowest BCUT2D eigenvalue weighted by Gasteiger charge is -2.32. The first-order chi connectivity index (χ1) is 23.4. The number of rotatable bonds is 9. The van der Waals surface area contributed by atoms with Crippen molar-refractivity contribution in [1.82, 2.24) is 10.6 Å². The number of aliphatic hydroxyl groups is 1. The molecule has 6 atom stereocenters. The summed E-state index contributed by atoms with van der Waals surface area (Å²) in [6, 6.07) is 9.70.